The number of likely N-dealkylation sites (N-methyl/N-ethyl adjacent to an activating group) is 1. The van der Waals surface area contributed by atoms with E-state index in [1.165, 1.54) is 18.9 Å². The molecule has 2 aromatic rings. The van der Waals surface area contributed by atoms with Gasteiger partial charge in [0, 0.05) is 24.1 Å². The maximum atomic E-state index is 12.6. The average Bonchev–Trinajstić information content (AvgIpc) is 2.79. The van der Waals surface area contributed by atoms with Gasteiger partial charge < -0.3 is 14.6 Å². The van der Waals surface area contributed by atoms with Crippen molar-refractivity contribution in [3.05, 3.63) is 52.8 Å². The monoisotopic (exact) mass is 314 g/mol. The molecule has 0 spiro atoms. The summed E-state index contributed by atoms with van der Waals surface area (Å²) in [6.45, 7) is 7.33. The van der Waals surface area contributed by atoms with Gasteiger partial charge in [0.1, 0.15) is 6.04 Å². The fourth-order valence-electron chi connectivity index (χ4n) is 2.68. The number of carboxylic acid groups (broad SMARTS) is 1. The van der Waals surface area contributed by atoms with Crippen LogP contribution in [-0.2, 0) is 4.79 Å². The Balaban J connectivity index is 2.45. The molecule has 23 heavy (non-hydrogen) atoms. The summed E-state index contributed by atoms with van der Waals surface area (Å²) >= 11 is 0. The third kappa shape index (κ3) is 3.13. The quantitative estimate of drug-likeness (QED) is 0.943. The summed E-state index contributed by atoms with van der Waals surface area (Å²) in [7, 11) is 1.51. The molecule has 1 aromatic heterocycles. The lowest BCUT2D eigenvalue weighted by atomic mass is 10.2. The maximum absolute atomic E-state index is 12.6. The van der Waals surface area contributed by atoms with Gasteiger partial charge in [0.2, 0.25) is 0 Å². The van der Waals surface area contributed by atoms with E-state index in [2.05, 4.69) is 6.07 Å². The van der Waals surface area contributed by atoms with Gasteiger partial charge in [0.05, 0.1) is 5.56 Å². The molecule has 2 rings (SSSR count). The molecule has 0 bridgehead atoms. The molecule has 0 saturated heterocycles. The molecule has 1 heterocycles. The van der Waals surface area contributed by atoms with Crippen LogP contribution in [0.5, 0.6) is 0 Å². The van der Waals surface area contributed by atoms with Crippen molar-refractivity contribution in [3.8, 4) is 5.69 Å². The van der Waals surface area contributed by atoms with Gasteiger partial charge in [-0.25, -0.2) is 4.79 Å². The summed E-state index contributed by atoms with van der Waals surface area (Å²) in [6.07, 6.45) is 0. The van der Waals surface area contributed by atoms with Gasteiger partial charge in [0.15, 0.2) is 0 Å². The largest absolute Gasteiger partial charge is 0.480 e. The van der Waals surface area contributed by atoms with Gasteiger partial charge in [-0.05, 0) is 51.5 Å². The van der Waals surface area contributed by atoms with Crippen LogP contribution in [0.1, 0.15) is 34.2 Å². The number of aryl methyl sites for hydroxylation is 2. The minimum Gasteiger partial charge on any atom is -0.480 e. The van der Waals surface area contributed by atoms with Gasteiger partial charge in [0.25, 0.3) is 5.91 Å². The number of hydrogen-bond donors (Lipinski definition) is 1. The molecule has 1 atom stereocenters. The van der Waals surface area contributed by atoms with Crippen molar-refractivity contribution < 1.29 is 14.7 Å². The van der Waals surface area contributed by atoms with Crippen LogP contribution in [0.3, 0.4) is 0 Å². The molecule has 0 aliphatic rings. The Morgan fingerprint density at radius 2 is 1.83 bits per heavy atom. The highest BCUT2D eigenvalue weighted by Gasteiger charge is 2.26. The highest BCUT2D eigenvalue weighted by molar-refractivity contribution is 5.97. The van der Waals surface area contributed by atoms with Crippen LogP contribution in [0.25, 0.3) is 5.69 Å². The number of hydrogen-bond acceptors (Lipinski definition) is 2. The zero-order chi connectivity index (χ0) is 17.3. The first-order valence-corrected chi connectivity index (χ1v) is 7.50. The van der Waals surface area contributed by atoms with E-state index in [0.717, 1.165) is 22.6 Å². The highest BCUT2D eigenvalue weighted by Crippen LogP contribution is 2.23. The number of carbonyl (C=O) groups excluding carboxylic acids is 1. The summed E-state index contributed by atoms with van der Waals surface area (Å²) in [5.41, 5.74) is 4.41. The molecule has 0 fully saturated rings. The van der Waals surface area contributed by atoms with Crippen molar-refractivity contribution in [1.82, 2.24) is 9.47 Å². The van der Waals surface area contributed by atoms with Crippen LogP contribution in [-0.4, -0.2) is 39.5 Å². The van der Waals surface area contributed by atoms with Crippen molar-refractivity contribution in [2.45, 2.75) is 33.7 Å². The second-order valence-corrected chi connectivity index (χ2v) is 5.89. The Labute approximate surface area is 136 Å². The molecule has 0 saturated carbocycles. The van der Waals surface area contributed by atoms with E-state index >= 15 is 0 Å². The Morgan fingerprint density at radius 1 is 1.17 bits per heavy atom. The first-order valence-electron chi connectivity index (χ1n) is 7.50. The van der Waals surface area contributed by atoms with Gasteiger partial charge in [-0.15, -0.1) is 0 Å². The number of amides is 1. The first kappa shape index (κ1) is 16.8. The third-order valence-electron chi connectivity index (χ3n) is 4.18. The van der Waals surface area contributed by atoms with Crippen LogP contribution >= 0.6 is 0 Å². The van der Waals surface area contributed by atoms with Crippen LogP contribution in [0.15, 0.2) is 30.3 Å². The van der Waals surface area contributed by atoms with Crippen molar-refractivity contribution in [2.24, 2.45) is 0 Å². The molecular weight excluding hydrogens is 292 g/mol. The van der Waals surface area contributed by atoms with Gasteiger partial charge in [-0.2, -0.15) is 0 Å². The molecule has 5 nitrogen and oxygen atoms in total. The maximum Gasteiger partial charge on any atom is 0.326 e. The lowest BCUT2D eigenvalue weighted by molar-refractivity contribution is -0.141. The third-order valence-corrected chi connectivity index (χ3v) is 4.18. The SMILES string of the molecule is Cc1cccc(-n2c(C)cc(C(=O)N(C)C(C)C(=O)O)c2C)c1. The summed E-state index contributed by atoms with van der Waals surface area (Å²) in [5, 5.41) is 9.09. The van der Waals surface area contributed by atoms with E-state index in [-0.39, 0.29) is 5.91 Å². The molecule has 122 valence electrons. The lowest BCUT2D eigenvalue weighted by Gasteiger charge is -2.21. The number of carbonyl (C=O) groups is 2. The van der Waals surface area contributed by atoms with Crippen molar-refractivity contribution in [1.29, 1.82) is 0 Å². The standard InChI is InChI=1S/C18H22N2O3/c1-11-7-6-8-15(9-11)20-12(2)10-16(13(20)3)17(21)19(5)14(4)18(22)23/h6-10,14H,1-5H3,(H,22,23). The van der Waals surface area contributed by atoms with Crippen LogP contribution in [0.4, 0.5) is 0 Å². The summed E-state index contributed by atoms with van der Waals surface area (Å²) in [4.78, 5) is 25.0. The molecule has 1 N–H and O–H groups in total. The fraction of sp³-hybridized carbons (Fsp3) is 0.333. The molecule has 5 heteroatoms. The average molecular weight is 314 g/mol. The molecule has 0 aliphatic carbocycles. The second kappa shape index (κ2) is 6.28. The minimum atomic E-state index is -1.02. The van der Waals surface area contributed by atoms with E-state index in [4.69, 9.17) is 5.11 Å². The molecule has 0 aliphatic heterocycles. The summed E-state index contributed by atoms with van der Waals surface area (Å²) in [6, 6.07) is 8.98. The predicted octanol–water partition coefficient (Wildman–Crippen LogP) is 2.95. The number of carboxylic acids is 1. The van der Waals surface area contributed by atoms with Crippen LogP contribution in [0.2, 0.25) is 0 Å². The number of rotatable bonds is 4. The minimum absolute atomic E-state index is 0.285. The second-order valence-electron chi connectivity index (χ2n) is 5.89. The van der Waals surface area contributed by atoms with Crippen molar-refractivity contribution in [2.75, 3.05) is 7.05 Å². The number of aromatic nitrogens is 1. The van der Waals surface area contributed by atoms with Crippen LogP contribution in [0, 0.1) is 20.8 Å². The Kier molecular flexibility index (Phi) is 4.59. The lowest BCUT2D eigenvalue weighted by Crippen LogP contribution is -2.40. The Bertz CT molecular complexity index is 762. The van der Waals surface area contributed by atoms with Gasteiger partial charge >= 0.3 is 5.97 Å². The predicted molar refractivity (Wildman–Crippen MR) is 89.2 cm³/mol. The van der Waals surface area contributed by atoms with E-state index in [1.54, 1.807) is 0 Å². The number of benzene rings is 1. The van der Waals surface area contributed by atoms with Gasteiger partial charge in [-0.1, -0.05) is 12.1 Å². The van der Waals surface area contributed by atoms with E-state index in [1.807, 2.05) is 49.6 Å². The van der Waals surface area contributed by atoms with Gasteiger partial charge in [-0.3, -0.25) is 4.79 Å². The molecule has 1 unspecified atom stereocenters. The van der Waals surface area contributed by atoms with Crippen molar-refractivity contribution in [3.63, 3.8) is 0 Å². The fourth-order valence-corrected chi connectivity index (χ4v) is 2.68. The molecule has 1 aromatic carbocycles. The zero-order valence-corrected chi connectivity index (χ0v) is 14.1. The molecular formula is C18H22N2O3. The number of aliphatic carboxylic acids is 1. The Morgan fingerprint density at radius 3 is 2.39 bits per heavy atom. The first-order chi connectivity index (χ1) is 10.7. The molecule has 0 radical (unpaired) electrons. The summed E-state index contributed by atoms with van der Waals surface area (Å²) < 4.78 is 2.01. The van der Waals surface area contributed by atoms with Crippen LogP contribution < -0.4 is 0 Å². The van der Waals surface area contributed by atoms with E-state index < -0.39 is 12.0 Å². The van der Waals surface area contributed by atoms with E-state index in [9.17, 15) is 9.59 Å². The number of nitrogens with zero attached hydrogens (tertiary/aromatic N) is 2. The van der Waals surface area contributed by atoms with Crippen molar-refractivity contribution >= 4 is 11.9 Å². The Hall–Kier alpha value is -2.56. The molecule has 1 amide bonds. The smallest absolute Gasteiger partial charge is 0.326 e. The summed E-state index contributed by atoms with van der Waals surface area (Å²) in [5.74, 6) is -1.31. The zero-order valence-electron chi connectivity index (χ0n) is 14.1. The normalized spacial score (nSPS) is 12.0. The topological polar surface area (TPSA) is 62.5 Å². The highest BCUT2D eigenvalue weighted by atomic mass is 16.4. The van der Waals surface area contributed by atoms with E-state index in [0.29, 0.717) is 5.56 Å².